The largest absolute Gasteiger partial charge is 0.497 e. The number of benzene rings is 2. The summed E-state index contributed by atoms with van der Waals surface area (Å²) in [6.45, 7) is 0.286. The molecule has 1 aliphatic heterocycles. The van der Waals surface area contributed by atoms with Gasteiger partial charge in [0.05, 0.1) is 23.6 Å². The van der Waals surface area contributed by atoms with Crippen LogP contribution < -0.4 is 4.74 Å². The van der Waals surface area contributed by atoms with Crippen LogP contribution in [-0.2, 0) is 16.4 Å². The van der Waals surface area contributed by atoms with Gasteiger partial charge in [-0.3, -0.25) is 4.79 Å². The molecule has 0 radical (unpaired) electrons. The van der Waals surface area contributed by atoms with Crippen LogP contribution in [0, 0.1) is 0 Å². The molecule has 0 saturated carbocycles. The normalized spacial score (nSPS) is 17.9. The van der Waals surface area contributed by atoms with Crippen molar-refractivity contribution < 1.29 is 17.9 Å². The number of sulfone groups is 1. The summed E-state index contributed by atoms with van der Waals surface area (Å²) >= 11 is 13.9. The van der Waals surface area contributed by atoms with Crippen LogP contribution in [0.4, 0.5) is 0 Å². The third-order valence-electron chi connectivity index (χ3n) is 5.21. The fourth-order valence-corrected chi connectivity index (χ4v) is 7.10. The number of methoxy groups -OCH3 is 1. The summed E-state index contributed by atoms with van der Waals surface area (Å²) in [5.41, 5.74) is 0.883. The summed E-state index contributed by atoms with van der Waals surface area (Å²) in [5, 5.41) is 1.70. The molecular formula is C21H19Cl2NO4S2. The molecule has 0 aliphatic carbocycles. The fourth-order valence-electron chi connectivity index (χ4n) is 3.62. The van der Waals surface area contributed by atoms with Crippen molar-refractivity contribution in [3.05, 3.63) is 63.0 Å². The number of hydrogen-bond acceptors (Lipinski definition) is 5. The van der Waals surface area contributed by atoms with Crippen LogP contribution in [0.5, 0.6) is 5.75 Å². The van der Waals surface area contributed by atoms with E-state index >= 15 is 0 Å². The molecule has 0 bridgehead atoms. The lowest BCUT2D eigenvalue weighted by Crippen LogP contribution is -2.40. The van der Waals surface area contributed by atoms with Crippen LogP contribution in [0.2, 0.25) is 10.0 Å². The molecule has 4 rings (SSSR count). The molecule has 0 spiro atoms. The minimum atomic E-state index is -3.16. The molecule has 1 amide bonds. The van der Waals surface area contributed by atoms with E-state index in [9.17, 15) is 13.2 Å². The van der Waals surface area contributed by atoms with Gasteiger partial charge in [-0.15, -0.1) is 11.3 Å². The maximum Gasteiger partial charge on any atom is 0.266 e. The molecule has 158 valence electrons. The summed E-state index contributed by atoms with van der Waals surface area (Å²) in [6.07, 6.45) is 0.415. The van der Waals surface area contributed by atoms with Gasteiger partial charge in [0.25, 0.3) is 5.91 Å². The Labute approximate surface area is 189 Å². The van der Waals surface area contributed by atoms with Gasteiger partial charge in [0.2, 0.25) is 0 Å². The summed E-state index contributed by atoms with van der Waals surface area (Å²) in [4.78, 5) is 15.6. The molecule has 2 heterocycles. The topological polar surface area (TPSA) is 63.7 Å². The van der Waals surface area contributed by atoms with Gasteiger partial charge in [-0.1, -0.05) is 41.4 Å². The Hall–Kier alpha value is -1.80. The number of hydrogen-bond donors (Lipinski definition) is 0. The summed E-state index contributed by atoms with van der Waals surface area (Å²) in [6, 6.07) is 12.3. The number of amides is 1. The predicted molar refractivity (Wildman–Crippen MR) is 122 cm³/mol. The number of nitrogens with zero attached hydrogens (tertiary/aromatic N) is 1. The SMILES string of the molecule is COc1ccc(CN(C(=O)c2sc3cc(Cl)ccc3c2Cl)[C@@H]2CCS(=O)(=O)C2)cc1. The molecule has 1 saturated heterocycles. The first kappa shape index (κ1) is 21.4. The van der Waals surface area contributed by atoms with Gasteiger partial charge >= 0.3 is 0 Å². The smallest absolute Gasteiger partial charge is 0.266 e. The second kappa shape index (κ2) is 8.38. The van der Waals surface area contributed by atoms with Crippen LogP contribution in [0.15, 0.2) is 42.5 Å². The number of fused-ring (bicyclic) bond motifs is 1. The van der Waals surface area contributed by atoms with Gasteiger partial charge in [-0.05, 0) is 36.2 Å². The number of carbonyl (C=O) groups is 1. The molecule has 2 aromatic carbocycles. The standard InChI is InChI=1S/C21H19Cl2NO4S2/c1-28-16-5-2-13(3-6-16)11-24(15-8-9-30(26,27)12-15)21(25)20-19(23)17-7-4-14(22)10-18(17)29-20/h2-7,10,15H,8-9,11-12H2,1H3/t15-/m1/s1. The zero-order valence-corrected chi connectivity index (χ0v) is 19.2. The highest BCUT2D eigenvalue weighted by atomic mass is 35.5. The molecule has 9 heteroatoms. The van der Waals surface area contributed by atoms with Gasteiger partial charge in [0.15, 0.2) is 9.84 Å². The Morgan fingerprint density at radius 3 is 2.57 bits per heavy atom. The quantitative estimate of drug-likeness (QED) is 0.509. The molecule has 3 aromatic rings. The summed E-state index contributed by atoms with van der Waals surface area (Å²) in [7, 11) is -1.57. The first-order chi connectivity index (χ1) is 14.3. The van der Waals surface area contributed by atoms with Crippen molar-refractivity contribution >= 4 is 60.4 Å². The predicted octanol–water partition coefficient (Wildman–Crippen LogP) is 5.05. The second-order valence-electron chi connectivity index (χ2n) is 7.22. The number of thiophene rings is 1. The lowest BCUT2D eigenvalue weighted by Gasteiger charge is -2.28. The lowest BCUT2D eigenvalue weighted by atomic mass is 10.1. The van der Waals surface area contributed by atoms with Gasteiger partial charge < -0.3 is 9.64 Å². The molecule has 30 heavy (non-hydrogen) atoms. The third kappa shape index (κ3) is 4.30. The van der Waals surface area contributed by atoms with Crippen molar-refractivity contribution in [1.82, 2.24) is 4.90 Å². The number of carbonyl (C=O) groups excluding carboxylic acids is 1. The first-order valence-corrected chi connectivity index (χ1v) is 12.7. The Morgan fingerprint density at radius 1 is 1.20 bits per heavy atom. The zero-order valence-electron chi connectivity index (χ0n) is 16.1. The van der Waals surface area contributed by atoms with Gasteiger partial charge in [0.1, 0.15) is 10.6 Å². The van der Waals surface area contributed by atoms with E-state index in [1.165, 1.54) is 11.3 Å². The summed E-state index contributed by atoms with van der Waals surface area (Å²) in [5.74, 6) is 0.489. The Bertz CT molecular complexity index is 1210. The van der Waals surface area contributed by atoms with E-state index in [1.807, 2.05) is 24.3 Å². The summed E-state index contributed by atoms with van der Waals surface area (Å²) < 4.78 is 30.2. The highest BCUT2D eigenvalue weighted by molar-refractivity contribution is 7.91. The Kier molecular flexibility index (Phi) is 5.99. The highest BCUT2D eigenvalue weighted by Crippen LogP contribution is 2.38. The molecular weight excluding hydrogens is 465 g/mol. The molecule has 1 aliphatic rings. The van der Waals surface area contributed by atoms with E-state index < -0.39 is 15.9 Å². The van der Waals surface area contributed by atoms with Crippen molar-refractivity contribution in [3.8, 4) is 5.75 Å². The molecule has 1 fully saturated rings. The molecule has 0 unspecified atom stereocenters. The van der Waals surface area contributed by atoms with Gasteiger partial charge in [-0.2, -0.15) is 0 Å². The van der Waals surface area contributed by atoms with Crippen LogP contribution in [0.1, 0.15) is 21.7 Å². The van der Waals surface area contributed by atoms with Crippen molar-refractivity contribution in [2.45, 2.75) is 19.0 Å². The average Bonchev–Trinajstić information content (AvgIpc) is 3.24. The van der Waals surface area contributed by atoms with E-state index in [-0.39, 0.29) is 24.0 Å². The van der Waals surface area contributed by atoms with E-state index in [0.29, 0.717) is 27.1 Å². The molecule has 1 aromatic heterocycles. The van der Waals surface area contributed by atoms with Crippen LogP contribution >= 0.6 is 34.5 Å². The number of ether oxygens (including phenoxy) is 1. The third-order valence-corrected chi connectivity index (χ3v) is 8.84. The van der Waals surface area contributed by atoms with Crippen LogP contribution in [-0.4, -0.2) is 43.9 Å². The van der Waals surface area contributed by atoms with Gasteiger partial charge in [-0.25, -0.2) is 8.42 Å². The van der Waals surface area contributed by atoms with E-state index in [1.54, 1.807) is 30.2 Å². The maximum atomic E-state index is 13.5. The van der Waals surface area contributed by atoms with Crippen LogP contribution in [0.3, 0.4) is 0 Å². The van der Waals surface area contributed by atoms with Gasteiger partial charge in [0, 0.05) is 27.7 Å². The molecule has 5 nitrogen and oxygen atoms in total. The van der Waals surface area contributed by atoms with E-state index in [0.717, 1.165) is 15.6 Å². The molecule has 0 N–H and O–H groups in total. The van der Waals surface area contributed by atoms with Crippen molar-refractivity contribution in [2.24, 2.45) is 0 Å². The van der Waals surface area contributed by atoms with Crippen molar-refractivity contribution in [1.29, 1.82) is 0 Å². The maximum absolute atomic E-state index is 13.5. The Balaban J connectivity index is 1.71. The van der Waals surface area contributed by atoms with Crippen LogP contribution in [0.25, 0.3) is 10.1 Å². The Morgan fingerprint density at radius 2 is 1.93 bits per heavy atom. The minimum absolute atomic E-state index is 0.0385. The first-order valence-electron chi connectivity index (χ1n) is 9.29. The zero-order chi connectivity index (χ0) is 21.5. The highest BCUT2D eigenvalue weighted by Gasteiger charge is 2.36. The average molecular weight is 484 g/mol. The monoisotopic (exact) mass is 483 g/mol. The van der Waals surface area contributed by atoms with Crippen molar-refractivity contribution in [2.75, 3.05) is 18.6 Å². The lowest BCUT2D eigenvalue weighted by molar-refractivity contribution is 0.0686. The second-order valence-corrected chi connectivity index (χ2v) is 11.3. The van der Waals surface area contributed by atoms with E-state index in [4.69, 9.17) is 27.9 Å². The van der Waals surface area contributed by atoms with Crippen molar-refractivity contribution in [3.63, 3.8) is 0 Å². The number of halogens is 2. The molecule has 1 atom stereocenters. The minimum Gasteiger partial charge on any atom is -0.497 e. The fraction of sp³-hybridized carbons (Fsp3) is 0.286. The number of rotatable bonds is 5. The van der Waals surface area contributed by atoms with E-state index in [2.05, 4.69) is 0 Å².